The molecule has 0 saturated heterocycles. The summed E-state index contributed by atoms with van der Waals surface area (Å²) >= 11 is 0. The molecule has 124 valence electrons. The van der Waals surface area contributed by atoms with Crippen molar-refractivity contribution in [2.45, 2.75) is 40.5 Å². The van der Waals surface area contributed by atoms with E-state index >= 15 is 0 Å². The third kappa shape index (κ3) is 7.46. The lowest BCUT2D eigenvalue weighted by atomic mass is 10.2. The fourth-order valence-corrected chi connectivity index (χ4v) is 2.23. The number of benzene rings is 1. The first kappa shape index (κ1) is 18.5. The van der Waals surface area contributed by atoms with Gasteiger partial charge in [0.1, 0.15) is 5.75 Å². The molecule has 22 heavy (non-hydrogen) atoms. The molecule has 4 heteroatoms. The molecule has 0 bridgehead atoms. The molecule has 0 heterocycles. The number of hydrogen-bond donors (Lipinski definition) is 1. The predicted octanol–water partition coefficient (Wildman–Crippen LogP) is 3.78. The molecule has 1 rings (SSSR count). The van der Waals surface area contributed by atoms with Crippen LogP contribution in [0.25, 0.3) is 0 Å². The number of nitrogens with zero attached hydrogens (tertiary/aromatic N) is 1. The number of amides is 1. The summed E-state index contributed by atoms with van der Waals surface area (Å²) in [5, 5.41) is 2.96. The Labute approximate surface area is 134 Å². The van der Waals surface area contributed by atoms with E-state index in [9.17, 15) is 4.79 Å². The zero-order valence-electron chi connectivity index (χ0n) is 14.4. The Morgan fingerprint density at radius 1 is 1.23 bits per heavy atom. The molecule has 1 N–H and O–H groups in total. The molecule has 1 aromatic rings. The maximum absolute atomic E-state index is 12.2. The Hall–Kier alpha value is -1.55. The van der Waals surface area contributed by atoms with Crippen LogP contribution in [0.3, 0.4) is 0 Å². The molecule has 0 saturated carbocycles. The van der Waals surface area contributed by atoms with Gasteiger partial charge < -0.3 is 10.1 Å². The second kappa shape index (κ2) is 10.2. The first-order chi connectivity index (χ1) is 10.5. The zero-order chi connectivity index (χ0) is 16.4. The minimum absolute atomic E-state index is 0.0305. The van der Waals surface area contributed by atoms with Crippen molar-refractivity contribution in [3.05, 3.63) is 24.3 Å². The molecular weight excluding hydrogens is 276 g/mol. The number of hydrogen-bond acceptors (Lipinski definition) is 3. The maximum atomic E-state index is 12.2. The van der Waals surface area contributed by atoms with Gasteiger partial charge in [0.05, 0.1) is 13.2 Å². The van der Waals surface area contributed by atoms with Gasteiger partial charge in [-0.1, -0.05) is 33.8 Å². The van der Waals surface area contributed by atoms with E-state index in [0.717, 1.165) is 37.4 Å². The lowest BCUT2D eigenvalue weighted by Crippen LogP contribution is -2.34. The molecule has 0 aliphatic rings. The Kier molecular flexibility index (Phi) is 8.60. The molecule has 0 radical (unpaired) electrons. The number of carbonyl (C=O) groups is 1. The van der Waals surface area contributed by atoms with Crippen LogP contribution in [0.2, 0.25) is 0 Å². The summed E-state index contributed by atoms with van der Waals surface area (Å²) in [5.74, 6) is 1.31. The number of ether oxygens (including phenoxy) is 1. The summed E-state index contributed by atoms with van der Waals surface area (Å²) in [4.78, 5) is 14.3. The summed E-state index contributed by atoms with van der Waals surface area (Å²) in [6.45, 7) is 11.5. The number of nitrogens with one attached hydrogen (secondary N) is 1. The summed E-state index contributed by atoms with van der Waals surface area (Å²) < 4.78 is 5.69. The zero-order valence-corrected chi connectivity index (χ0v) is 14.4. The van der Waals surface area contributed by atoms with Gasteiger partial charge in [-0.25, -0.2) is 0 Å². The second-order valence-corrected chi connectivity index (χ2v) is 6.06. The molecule has 0 spiro atoms. The standard InChI is InChI=1S/C18H30N2O2/c1-5-10-20(11-6-2)13-18(21)19-16-8-7-9-17(12-16)22-14-15(3)4/h7-9,12,15H,5-6,10-11,13-14H2,1-4H3,(H,19,21). The second-order valence-electron chi connectivity index (χ2n) is 6.06. The average Bonchev–Trinajstić information content (AvgIpc) is 2.46. The number of carbonyl (C=O) groups excluding carboxylic acids is 1. The van der Waals surface area contributed by atoms with Crippen molar-refractivity contribution in [3.8, 4) is 5.75 Å². The number of anilines is 1. The van der Waals surface area contributed by atoms with Gasteiger partial charge in [-0.15, -0.1) is 0 Å². The van der Waals surface area contributed by atoms with Gasteiger partial charge in [0.15, 0.2) is 0 Å². The molecule has 0 fully saturated rings. The van der Waals surface area contributed by atoms with Crippen LogP contribution in [0.15, 0.2) is 24.3 Å². The van der Waals surface area contributed by atoms with Gasteiger partial charge in [-0.2, -0.15) is 0 Å². The van der Waals surface area contributed by atoms with E-state index in [1.807, 2.05) is 24.3 Å². The Bertz CT molecular complexity index is 440. The molecule has 0 aromatic heterocycles. The fraction of sp³-hybridized carbons (Fsp3) is 0.611. The van der Waals surface area contributed by atoms with Crippen molar-refractivity contribution in [3.63, 3.8) is 0 Å². The summed E-state index contributed by atoms with van der Waals surface area (Å²) in [7, 11) is 0. The van der Waals surface area contributed by atoms with Crippen LogP contribution in [0, 0.1) is 5.92 Å². The van der Waals surface area contributed by atoms with Crippen LogP contribution in [-0.2, 0) is 4.79 Å². The van der Waals surface area contributed by atoms with Crippen molar-refractivity contribution in [2.75, 3.05) is 31.6 Å². The number of rotatable bonds is 10. The Morgan fingerprint density at radius 2 is 1.91 bits per heavy atom. The third-order valence-electron chi connectivity index (χ3n) is 3.15. The van der Waals surface area contributed by atoms with Gasteiger partial charge in [0.2, 0.25) is 5.91 Å². The smallest absolute Gasteiger partial charge is 0.238 e. The Morgan fingerprint density at radius 3 is 2.50 bits per heavy atom. The van der Waals surface area contributed by atoms with Crippen molar-refractivity contribution < 1.29 is 9.53 Å². The van der Waals surface area contributed by atoms with E-state index < -0.39 is 0 Å². The lowest BCUT2D eigenvalue weighted by molar-refractivity contribution is -0.117. The van der Waals surface area contributed by atoms with Gasteiger partial charge in [-0.05, 0) is 44.0 Å². The van der Waals surface area contributed by atoms with Crippen molar-refractivity contribution >= 4 is 11.6 Å². The van der Waals surface area contributed by atoms with Crippen LogP contribution >= 0.6 is 0 Å². The van der Waals surface area contributed by atoms with Gasteiger partial charge in [0, 0.05) is 11.8 Å². The highest BCUT2D eigenvalue weighted by atomic mass is 16.5. The van der Waals surface area contributed by atoms with Crippen molar-refractivity contribution in [2.24, 2.45) is 5.92 Å². The highest BCUT2D eigenvalue weighted by Crippen LogP contribution is 2.18. The molecular formula is C18H30N2O2. The maximum Gasteiger partial charge on any atom is 0.238 e. The monoisotopic (exact) mass is 306 g/mol. The summed E-state index contributed by atoms with van der Waals surface area (Å²) in [5.41, 5.74) is 0.791. The average molecular weight is 306 g/mol. The van der Waals surface area contributed by atoms with Crippen molar-refractivity contribution in [1.29, 1.82) is 0 Å². The molecule has 1 aromatic carbocycles. The van der Waals surface area contributed by atoms with Crippen LogP contribution < -0.4 is 10.1 Å². The lowest BCUT2D eigenvalue weighted by Gasteiger charge is -2.20. The highest BCUT2D eigenvalue weighted by molar-refractivity contribution is 5.92. The quantitative estimate of drug-likeness (QED) is 0.715. The first-order valence-electron chi connectivity index (χ1n) is 8.30. The Balaban J connectivity index is 2.54. The largest absolute Gasteiger partial charge is 0.493 e. The highest BCUT2D eigenvalue weighted by Gasteiger charge is 2.09. The normalized spacial score (nSPS) is 11.0. The molecule has 0 aliphatic carbocycles. The van der Waals surface area contributed by atoms with Gasteiger partial charge in [-0.3, -0.25) is 9.69 Å². The molecule has 1 amide bonds. The van der Waals surface area contributed by atoms with E-state index in [-0.39, 0.29) is 5.91 Å². The molecule has 4 nitrogen and oxygen atoms in total. The molecule has 0 aliphatic heterocycles. The van der Waals surface area contributed by atoms with Crippen LogP contribution in [0.5, 0.6) is 5.75 Å². The minimum atomic E-state index is 0.0305. The topological polar surface area (TPSA) is 41.6 Å². The van der Waals surface area contributed by atoms with Gasteiger partial charge in [0.25, 0.3) is 0 Å². The molecule has 0 atom stereocenters. The van der Waals surface area contributed by atoms with Crippen LogP contribution in [0.4, 0.5) is 5.69 Å². The third-order valence-corrected chi connectivity index (χ3v) is 3.15. The van der Waals surface area contributed by atoms with E-state index in [0.29, 0.717) is 19.1 Å². The summed E-state index contributed by atoms with van der Waals surface area (Å²) in [6, 6.07) is 7.59. The van der Waals surface area contributed by atoms with Crippen molar-refractivity contribution in [1.82, 2.24) is 4.90 Å². The van der Waals surface area contributed by atoms with E-state index in [1.165, 1.54) is 0 Å². The van der Waals surface area contributed by atoms with E-state index in [4.69, 9.17) is 4.74 Å². The van der Waals surface area contributed by atoms with E-state index in [2.05, 4.69) is 37.9 Å². The van der Waals surface area contributed by atoms with Crippen LogP contribution in [-0.4, -0.2) is 37.0 Å². The minimum Gasteiger partial charge on any atom is -0.493 e. The van der Waals surface area contributed by atoms with Crippen LogP contribution in [0.1, 0.15) is 40.5 Å². The first-order valence-corrected chi connectivity index (χ1v) is 8.30. The molecule has 0 unspecified atom stereocenters. The fourth-order valence-electron chi connectivity index (χ4n) is 2.23. The van der Waals surface area contributed by atoms with Gasteiger partial charge >= 0.3 is 0 Å². The predicted molar refractivity (Wildman–Crippen MR) is 92.4 cm³/mol. The SMILES string of the molecule is CCCN(CCC)CC(=O)Nc1cccc(OCC(C)C)c1. The summed E-state index contributed by atoms with van der Waals surface area (Å²) in [6.07, 6.45) is 2.12. The van der Waals surface area contributed by atoms with E-state index in [1.54, 1.807) is 0 Å².